The molecule has 9 heavy (non-hydrogen) atoms. The molecule has 0 saturated carbocycles. The average molecular weight is 175 g/mol. The van der Waals surface area contributed by atoms with Crippen molar-refractivity contribution in [2.45, 2.75) is 6.42 Å². The summed E-state index contributed by atoms with van der Waals surface area (Å²) in [6, 6.07) is 0. The Morgan fingerprint density at radius 2 is 1.78 bits per heavy atom. The van der Waals surface area contributed by atoms with Crippen LogP contribution in [0.4, 0.5) is 0 Å². The first-order chi connectivity index (χ1) is 3.27. The van der Waals surface area contributed by atoms with E-state index in [0.29, 0.717) is 0 Å². The summed E-state index contributed by atoms with van der Waals surface area (Å²) in [4.78, 5) is 2.13. The van der Waals surface area contributed by atoms with Crippen molar-refractivity contribution in [1.29, 1.82) is 0 Å². The van der Waals surface area contributed by atoms with Gasteiger partial charge in [0.05, 0.1) is 0 Å². The molecule has 0 aliphatic carbocycles. The fraction of sp³-hybridized carbons (Fsp3) is 1.00. The SMILES string of the molecule is CN(C)CCCCl.Cl.N. The summed E-state index contributed by atoms with van der Waals surface area (Å²) in [5.74, 6) is 0.776. The minimum atomic E-state index is 0. The van der Waals surface area contributed by atoms with E-state index in [4.69, 9.17) is 11.6 Å². The zero-order chi connectivity index (χ0) is 5.70. The maximum Gasteiger partial charge on any atom is 0.0235 e. The van der Waals surface area contributed by atoms with Crippen LogP contribution in [0.5, 0.6) is 0 Å². The second-order valence-electron chi connectivity index (χ2n) is 1.85. The quantitative estimate of drug-likeness (QED) is 0.663. The zero-order valence-electron chi connectivity index (χ0n) is 6.06. The van der Waals surface area contributed by atoms with Crippen molar-refractivity contribution in [3.8, 4) is 0 Å². The van der Waals surface area contributed by atoms with E-state index in [1.54, 1.807) is 0 Å². The zero-order valence-corrected chi connectivity index (χ0v) is 7.63. The normalized spacial score (nSPS) is 8.00. The van der Waals surface area contributed by atoms with Gasteiger partial charge >= 0.3 is 0 Å². The van der Waals surface area contributed by atoms with Gasteiger partial charge in [0, 0.05) is 5.88 Å². The third kappa shape index (κ3) is 17.7. The molecular weight excluding hydrogens is 159 g/mol. The highest BCUT2D eigenvalue weighted by molar-refractivity contribution is 6.17. The summed E-state index contributed by atoms with van der Waals surface area (Å²) in [6.45, 7) is 1.10. The molecule has 0 fully saturated rings. The second-order valence-corrected chi connectivity index (χ2v) is 2.22. The van der Waals surface area contributed by atoms with Gasteiger partial charge in [0.25, 0.3) is 0 Å². The van der Waals surface area contributed by atoms with Crippen molar-refractivity contribution in [3.63, 3.8) is 0 Å². The lowest BCUT2D eigenvalue weighted by Crippen LogP contribution is -2.12. The fourth-order valence-electron chi connectivity index (χ4n) is 0.376. The van der Waals surface area contributed by atoms with Gasteiger partial charge in [-0.1, -0.05) is 0 Å². The first-order valence-corrected chi connectivity index (χ1v) is 3.01. The van der Waals surface area contributed by atoms with E-state index in [-0.39, 0.29) is 18.6 Å². The van der Waals surface area contributed by atoms with Crippen LogP contribution >= 0.6 is 24.0 Å². The third-order valence-electron chi connectivity index (χ3n) is 0.739. The monoisotopic (exact) mass is 174 g/mol. The van der Waals surface area contributed by atoms with E-state index < -0.39 is 0 Å². The van der Waals surface area contributed by atoms with E-state index in [1.807, 2.05) is 14.1 Å². The number of hydrogen-bond donors (Lipinski definition) is 1. The molecule has 3 N–H and O–H groups in total. The summed E-state index contributed by atoms with van der Waals surface area (Å²) >= 11 is 5.42. The van der Waals surface area contributed by atoms with Crippen molar-refractivity contribution >= 4 is 24.0 Å². The lowest BCUT2D eigenvalue weighted by Gasteiger charge is -2.05. The smallest absolute Gasteiger partial charge is 0.0235 e. The number of rotatable bonds is 3. The Morgan fingerprint density at radius 1 is 1.33 bits per heavy atom. The molecule has 60 valence electrons. The maximum absolute atomic E-state index is 5.42. The number of halogens is 2. The first-order valence-electron chi connectivity index (χ1n) is 2.48. The van der Waals surface area contributed by atoms with Crippen LogP contribution in [0.3, 0.4) is 0 Å². The fourth-order valence-corrected chi connectivity index (χ4v) is 0.496. The van der Waals surface area contributed by atoms with E-state index >= 15 is 0 Å². The van der Waals surface area contributed by atoms with Crippen LogP contribution in [-0.2, 0) is 0 Å². The molecule has 4 heteroatoms. The van der Waals surface area contributed by atoms with Crippen LogP contribution in [0.2, 0.25) is 0 Å². The number of nitrogens with zero attached hydrogens (tertiary/aromatic N) is 1. The Kier molecular flexibility index (Phi) is 20.4. The van der Waals surface area contributed by atoms with E-state index in [9.17, 15) is 0 Å². The summed E-state index contributed by atoms with van der Waals surface area (Å²) in [6.07, 6.45) is 1.09. The van der Waals surface area contributed by atoms with Crippen LogP contribution in [-0.4, -0.2) is 31.4 Å². The predicted octanol–water partition coefficient (Wildman–Crippen LogP) is 1.76. The number of alkyl halides is 1. The molecule has 0 aromatic heterocycles. The molecule has 0 saturated heterocycles. The summed E-state index contributed by atoms with van der Waals surface area (Å²) in [7, 11) is 4.10. The molecule has 0 aromatic rings. The Labute approximate surface area is 68.6 Å². The van der Waals surface area contributed by atoms with Crippen LogP contribution in [0.15, 0.2) is 0 Å². The molecule has 0 rings (SSSR count). The molecule has 0 spiro atoms. The van der Waals surface area contributed by atoms with E-state index in [0.717, 1.165) is 18.8 Å². The minimum Gasteiger partial charge on any atom is -0.344 e. The van der Waals surface area contributed by atoms with Gasteiger partial charge in [-0.15, -0.1) is 24.0 Å². The van der Waals surface area contributed by atoms with Crippen molar-refractivity contribution < 1.29 is 0 Å². The average Bonchev–Trinajstić information content (AvgIpc) is 1.61. The highest BCUT2D eigenvalue weighted by atomic mass is 35.5. The Morgan fingerprint density at radius 3 is 1.89 bits per heavy atom. The third-order valence-corrected chi connectivity index (χ3v) is 1.01. The molecule has 0 radical (unpaired) electrons. The number of hydrogen-bond acceptors (Lipinski definition) is 2. The Bertz CT molecular complexity index is 41.9. The molecule has 0 aliphatic rings. The Balaban J connectivity index is -0.000000180. The molecular formula is C5H16Cl2N2. The summed E-state index contributed by atoms with van der Waals surface area (Å²) in [5, 5.41) is 0. The van der Waals surface area contributed by atoms with Crippen molar-refractivity contribution in [1.82, 2.24) is 11.1 Å². The molecule has 0 heterocycles. The molecule has 2 nitrogen and oxygen atoms in total. The van der Waals surface area contributed by atoms with Gasteiger partial charge in [-0.05, 0) is 27.1 Å². The molecule has 0 amide bonds. The molecule has 0 bridgehead atoms. The van der Waals surface area contributed by atoms with Gasteiger partial charge in [-0.3, -0.25) is 0 Å². The van der Waals surface area contributed by atoms with Gasteiger partial charge in [-0.2, -0.15) is 0 Å². The van der Waals surface area contributed by atoms with Gasteiger partial charge in [0.1, 0.15) is 0 Å². The van der Waals surface area contributed by atoms with Crippen LogP contribution < -0.4 is 6.15 Å². The van der Waals surface area contributed by atoms with Crippen molar-refractivity contribution in [2.75, 3.05) is 26.5 Å². The molecule has 0 aromatic carbocycles. The maximum atomic E-state index is 5.42. The van der Waals surface area contributed by atoms with Crippen molar-refractivity contribution in [2.24, 2.45) is 0 Å². The molecule has 0 atom stereocenters. The van der Waals surface area contributed by atoms with E-state index in [1.165, 1.54) is 0 Å². The topological polar surface area (TPSA) is 38.2 Å². The first kappa shape index (κ1) is 16.2. The highest BCUT2D eigenvalue weighted by Gasteiger charge is 1.84. The van der Waals surface area contributed by atoms with Gasteiger partial charge in [-0.25, -0.2) is 0 Å². The lowest BCUT2D eigenvalue weighted by atomic mass is 10.5. The van der Waals surface area contributed by atoms with Crippen LogP contribution in [0.25, 0.3) is 0 Å². The lowest BCUT2D eigenvalue weighted by molar-refractivity contribution is 0.409. The predicted molar refractivity (Wildman–Crippen MR) is 46.2 cm³/mol. The summed E-state index contributed by atoms with van der Waals surface area (Å²) in [5.41, 5.74) is 0. The van der Waals surface area contributed by atoms with Crippen LogP contribution in [0, 0.1) is 0 Å². The largest absolute Gasteiger partial charge is 0.344 e. The molecule has 0 unspecified atom stereocenters. The minimum absolute atomic E-state index is 0. The van der Waals surface area contributed by atoms with Crippen molar-refractivity contribution in [3.05, 3.63) is 0 Å². The standard InChI is InChI=1S/C5H12ClN.ClH.H3N/c1-7(2)5-3-4-6;;/h3-5H2,1-2H3;1H;1H3. The van der Waals surface area contributed by atoms with Gasteiger partial charge in [0.2, 0.25) is 0 Å². The highest BCUT2D eigenvalue weighted by Crippen LogP contribution is 1.84. The van der Waals surface area contributed by atoms with Gasteiger partial charge in [0.15, 0.2) is 0 Å². The second kappa shape index (κ2) is 11.3. The van der Waals surface area contributed by atoms with Gasteiger partial charge < -0.3 is 11.1 Å². The van der Waals surface area contributed by atoms with Crippen LogP contribution in [0.1, 0.15) is 6.42 Å². The Hall–Kier alpha value is 0.500. The summed E-state index contributed by atoms with van der Waals surface area (Å²) < 4.78 is 0. The van der Waals surface area contributed by atoms with E-state index in [2.05, 4.69) is 4.90 Å². The molecule has 0 aliphatic heterocycles.